The Morgan fingerprint density at radius 3 is 2.27 bits per heavy atom. The Bertz CT molecular complexity index is 646. The summed E-state index contributed by atoms with van der Waals surface area (Å²) in [5.41, 5.74) is -0.269. The molecule has 1 aliphatic heterocycles. The average molecular weight is 326 g/mol. The second kappa shape index (κ2) is 5.07. The molecule has 0 N–H and O–H groups in total. The fourth-order valence-corrected chi connectivity index (χ4v) is 4.58. The van der Waals surface area contributed by atoms with Crippen molar-refractivity contribution in [3.63, 3.8) is 0 Å². The maximum absolute atomic E-state index is 12.5. The Kier molecular flexibility index (Phi) is 3.69. The van der Waals surface area contributed by atoms with Crippen LogP contribution in [0.15, 0.2) is 12.4 Å². The lowest BCUT2D eigenvalue weighted by atomic mass is 9.82. The van der Waals surface area contributed by atoms with E-state index in [1.807, 2.05) is 27.7 Å². The highest BCUT2D eigenvalue weighted by molar-refractivity contribution is 7.90. The van der Waals surface area contributed by atoms with Gasteiger partial charge in [-0.1, -0.05) is 12.8 Å². The van der Waals surface area contributed by atoms with E-state index < -0.39 is 28.3 Å². The maximum atomic E-state index is 12.5. The first kappa shape index (κ1) is 16.0. The lowest BCUT2D eigenvalue weighted by Crippen LogP contribution is -2.41. The average Bonchev–Trinajstić information content (AvgIpc) is 3.11. The molecule has 122 valence electrons. The largest absolute Gasteiger partial charge is 0.498 e. The number of nitrogens with zero attached hydrogens (tertiary/aromatic N) is 2. The number of hydrogen-bond acceptors (Lipinski definition) is 5. The SMILES string of the molecule is CC1(C)OB(c2cnn(S(=O)(=O)C3CCCC3)c2)OC1(C)C. The molecule has 0 aromatic carbocycles. The van der Waals surface area contributed by atoms with E-state index in [0.717, 1.165) is 16.9 Å². The van der Waals surface area contributed by atoms with Gasteiger partial charge in [-0.25, -0.2) is 8.42 Å². The van der Waals surface area contributed by atoms with E-state index in [2.05, 4.69) is 5.10 Å². The van der Waals surface area contributed by atoms with Gasteiger partial charge in [-0.3, -0.25) is 0 Å². The first-order chi connectivity index (χ1) is 10.1. The van der Waals surface area contributed by atoms with Crippen molar-refractivity contribution in [3.8, 4) is 0 Å². The van der Waals surface area contributed by atoms with Crippen LogP contribution < -0.4 is 5.46 Å². The molecule has 2 heterocycles. The Balaban J connectivity index is 1.83. The molecular formula is C14H23BN2O4S. The Hall–Kier alpha value is -0.855. The minimum absolute atomic E-state index is 0.321. The summed E-state index contributed by atoms with van der Waals surface area (Å²) < 4.78 is 38.0. The molecule has 2 fully saturated rings. The van der Waals surface area contributed by atoms with Gasteiger partial charge in [0.15, 0.2) is 0 Å². The van der Waals surface area contributed by atoms with Gasteiger partial charge in [-0.15, -0.1) is 0 Å². The Labute approximate surface area is 132 Å². The topological polar surface area (TPSA) is 70.4 Å². The molecule has 0 atom stereocenters. The van der Waals surface area contributed by atoms with Crippen molar-refractivity contribution in [2.75, 3.05) is 0 Å². The van der Waals surface area contributed by atoms with Gasteiger partial charge >= 0.3 is 7.12 Å². The molecule has 8 heteroatoms. The fourth-order valence-electron chi connectivity index (χ4n) is 2.90. The number of hydrogen-bond donors (Lipinski definition) is 0. The van der Waals surface area contributed by atoms with Crippen molar-refractivity contribution in [1.82, 2.24) is 9.19 Å². The van der Waals surface area contributed by atoms with Gasteiger partial charge in [-0.05, 0) is 40.5 Å². The summed E-state index contributed by atoms with van der Waals surface area (Å²) >= 11 is 0. The zero-order valence-corrected chi connectivity index (χ0v) is 14.4. The standard InChI is InChI=1S/C14H23BN2O4S/c1-13(2)14(3,4)21-15(20-13)11-9-16-17(10-11)22(18,19)12-7-5-6-8-12/h9-10,12H,5-8H2,1-4H3. The smallest absolute Gasteiger partial charge is 0.399 e. The molecule has 0 spiro atoms. The number of rotatable bonds is 3. The summed E-state index contributed by atoms with van der Waals surface area (Å²) in [5, 5.41) is 3.72. The lowest BCUT2D eigenvalue weighted by Gasteiger charge is -2.32. The predicted molar refractivity (Wildman–Crippen MR) is 84.5 cm³/mol. The molecule has 1 aliphatic carbocycles. The van der Waals surface area contributed by atoms with Crippen molar-refractivity contribution in [1.29, 1.82) is 0 Å². The van der Waals surface area contributed by atoms with Gasteiger partial charge in [-0.2, -0.15) is 9.19 Å². The van der Waals surface area contributed by atoms with E-state index in [4.69, 9.17) is 9.31 Å². The van der Waals surface area contributed by atoms with Gasteiger partial charge in [0.1, 0.15) is 0 Å². The quantitative estimate of drug-likeness (QED) is 0.783. The first-order valence-electron chi connectivity index (χ1n) is 7.78. The highest BCUT2D eigenvalue weighted by Crippen LogP contribution is 2.36. The minimum Gasteiger partial charge on any atom is -0.399 e. The fraction of sp³-hybridized carbons (Fsp3) is 0.786. The first-order valence-corrected chi connectivity index (χ1v) is 9.28. The van der Waals surface area contributed by atoms with Crippen LogP contribution in [-0.4, -0.2) is 41.2 Å². The second-order valence-corrected chi connectivity index (χ2v) is 9.26. The van der Waals surface area contributed by atoms with Crippen LogP contribution in [0.3, 0.4) is 0 Å². The summed E-state index contributed by atoms with van der Waals surface area (Å²) in [4.78, 5) is 0. The predicted octanol–water partition coefficient (Wildman–Crippen LogP) is 1.30. The van der Waals surface area contributed by atoms with Gasteiger partial charge < -0.3 is 9.31 Å². The van der Waals surface area contributed by atoms with E-state index in [-0.39, 0.29) is 5.25 Å². The summed E-state index contributed by atoms with van der Waals surface area (Å²) in [6.45, 7) is 7.86. The van der Waals surface area contributed by atoms with Crippen molar-refractivity contribution in [2.45, 2.75) is 69.8 Å². The highest BCUT2D eigenvalue weighted by atomic mass is 32.2. The maximum Gasteiger partial charge on any atom is 0.498 e. The molecule has 0 unspecified atom stereocenters. The van der Waals surface area contributed by atoms with Crippen LogP contribution in [0.5, 0.6) is 0 Å². The molecule has 0 radical (unpaired) electrons. The lowest BCUT2D eigenvalue weighted by molar-refractivity contribution is 0.00578. The van der Waals surface area contributed by atoms with Crippen LogP contribution in [0.4, 0.5) is 0 Å². The van der Waals surface area contributed by atoms with Gasteiger partial charge in [0.25, 0.3) is 10.0 Å². The van der Waals surface area contributed by atoms with Crippen LogP contribution in [0, 0.1) is 0 Å². The van der Waals surface area contributed by atoms with Gasteiger partial charge in [0.05, 0.1) is 16.5 Å². The van der Waals surface area contributed by atoms with Crippen molar-refractivity contribution < 1.29 is 17.7 Å². The van der Waals surface area contributed by atoms with Crippen molar-refractivity contribution >= 4 is 22.6 Å². The molecule has 6 nitrogen and oxygen atoms in total. The third-order valence-corrected chi connectivity index (χ3v) is 7.12. The van der Waals surface area contributed by atoms with E-state index in [0.29, 0.717) is 18.3 Å². The molecule has 1 aromatic rings. The van der Waals surface area contributed by atoms with Crippen LogP contribution in [-0.2, 0) is 19.3 Å². The zero-order valence-electron chi connectivity index (χ0n) is 13.6. The molecule has 2 aliphatic rings. The molecule has 1 aromatic heterocycles. The van der Waals surface area contributed by atoms with E-state index >= 15 is 0 Å². The van der Waals surface area contributed by atoms with Crippen LogP contribution in [0.25, 0.3) is 0 Å². The summed E-state index contributed by atoms with van der Waals surface area (Å²) in [7, 11) is -4.00. The monoisotopic (exact) mass is 326 g/mol. The van der Waals surface area contributed by atoms with Crippen LogP contribution >= 0.6 is 0 Å². The molecule has 3 rings (SSSR count). The summed E-state index contributed by atoms with van der Waals surface area (Å²) in [5.74, 6) is 0. The molecule has 0 bridgehead atoms. The Morgan fingerprint density at radius 1 is 1.18 bits per heavy atom. The van der Waals surface area contributed by atoms with Crippen LogP contribution in [0.1, 0.15) is 53.4 Å². The third kappa shape index (κ3) is 2.51. The van der Waals surface area contributed by atoms with Crippen molar-refractivity contribution in [2.24, 2.45) is 0 Å². The van der Waals surface area contributed by atoms with E-state index in [9.17, 15) is 8.42 Å². The Morgan fingerprint density at radius 2 is 1.73 bits per heavy atom. The van der Waals surface area contributed by atoms with E-state index in [1.165, 1.54) is 12.4 Å². The second-order valence-electron chi connectivity index (χ2n) is 7.19. The van der Waals surface area contributed by atoms with E-state index in [1.54, 1.807) is 0 Å². The molecular weight excluding hydrogens is 303 g/mol. The van der Waals surface area contributed by atoms with Gasteiger partial charge in [0, 0.05) is 17.9 Å². The number of aromatic nitrogens is 2. The summed E-state index contributed by atoms with van der Waals surface area (Å²) in [6.07, 6.45) is 6.41. The minimum atomic E-state index is -3.41. The molecule has 22 heavy (non-hydrogen) atoms. The van der Waals surface area contributed by atoms with Gasteiger partial charge in [0.2, 0.25) is 0 Å². The third-order valence-electron chi connectivity index (χ3n) is 5.09. The molecule has 1 saturated carbocycles. The zero-order chi connectivity index (χ0) is 16.2. The van der Waals surface area contributed by atoms with Crippen molar-refractivity contribution in [3.05, 3.63) is 12.4 Å². The normalized spacial score (nSPS) is 25.0. The highest BCUT2D eigenvalue weighted by Gasteiger charge is 2.52. The molecule has 1 saturated heterocycles. The molecule has 0 amide bonds. The van der Waals surface area contributed by atoms with Crippen LogP contribution in [0.2, 0.25) is 0 Å². The summed E-state index contributed by atoms with van der Waals surface area (Å²) in [6, 6.07) is 0.